The number of benzene rings is 1. The van der Waals surface area contributed by atoms with Gasteiger partial charge in [-0.1, -0.05) is 29.8 Å². The largest absolute Gasteiger partial charge is 0.468 e. The van der Waals surface area contributed by atoms with E-state index in [0.717, 1.165) is 11.1 Å². The lowest BCUT2D eigenvalue weighted by Crippen LogP contribution is -2.30. The van der Waals surface area contributed by atoms with Crippen LogP contribution in [0.5, 0.6) is 0 Å². The molecule has 0 N–H and O–H groups in total. The van der Waals surface area contributed by atoms with Gasteiger partial charge in [-0.25, -0.2) is 0 Å². The van der Waals surface area contributed by atoms with E-state index in [-0.39, 0.29) is 5.92 Å². The van der Waals surface area contributed by atoms with Gasteiger partial charge in [0.2, 0.25) is 0 Å². The van der Waals surface area contributed by atoms with E-state index in [2.05, 4.69) is 0 Å². The number of carbonyl (C=O) groups excluding carboxylic acids is 2. The van der Waals surface area contributed by atoms with Crippen molar-refractivity contribution in [1.82, 2.24) is 0 Å². The summed E-state index contributed by atoms with van der Waals surface area (Å²) in [5.41, 5.74) is 0.936. The minimum Gasteiger partial charge on any atom is -0.468 e. The Hall–Kier alpha value is -1.84. The van der Waals surface area contributed by atoms with E-state index in [9.17, 15) is 9.59 Å². The third-order valence-electron chi connectivity index (χ3n) is 3.50. The van der Waals surface area contributed by atoms with Gasteiger partial charge in [0.05, 0.1) is 14.2 Å². The van der Waals surface area contributed by atoms with Gasteiger partial charge in [-0.15, -0.1) is 0 Å². The SMILES string of the molecule is COC(=O)C1(C(=O)OC)CC1c1cccc(C)c1. The van der Waals surface area contributed by atoms with Gasteiger partial charge in [-0.2, -0.15) is 0 Å². The van der Waals surface area contributed by atoms with Crippen LogP contribution < -0.4 is 0 Å². The Labute approximate surface area is 106 Å². The van der Waals surface area contributed by atoms with Crippen molar-refractivity contribution in [2.75, 3.05) is 14.2 Å². The van der Waals surface area contributed by atoms with Crippen LogP contribution in [0.2, 0.25) is 0 Å². The fourth-order valence-electron chi connectivity index (χ4n) is 2.45. The fourth-order valence-corrected chi connectivity index (χ4v) is 2.45. The van der Waals surface area contributed by atoms with Gasteiger partial charge in [-0.3, -0.25) is 9.59 Å². The van der Waals surface area contributed by atoms with Crippen LogP contribution in [-0.4, -0.2) is 26.2 Å². The first kappa shape index (κ1) is 12.6. The van der Waals surface area contributed by atoms with Crippen molar-refractivity contribution in [2.45, 2.75) is 19.3 Å². The molecule has 1 fully saturated rings. The molecule has 1 aromatic rings. The average Bonchev–Trinajstić information content (AvgIpc) is 3.13. The Bertz CT molecular complexity index is 476. The van der Waals surface area contributed by atoms with Crippen molar-refractivity contribution < 1.29 is 19.1 Å². The second kappa shape index (κ2) is 4.44. The van der Waals surface area contributed by atoms with Crippen LogP contribution in [0.3, 0.4) is 0 Å². The molecule has 96 valence electrons. The summed E-state index contributed by atoms with van der Waals surface area (Å²) in [7, 11) is 2.58. The molecule has 0 aliphatic heterocycles. The van der Waals surface area contributed by atoms with E-state index in [1.54, 1.807) is 0 Å². The number of aryl methyl sites for hydroxylation is 1. The number of carbonyl (C=O) groups is 2. The lowest BCUT2D eigenvalue weighted by molar-refractivity contribution is -0.161. The predicted octanol–water partition coefficient (Wildman–Crippen LogP) is 1.81. The predicted molar refractivity (Wildman–Crippen MR) is 65.0 cm³/mol. The molecule has 1 saturated carbocycles. The Kier molecular flexibility index (Phi) is 3.11. The Morgan fingerprint density at radius 2 is 1.83 bits per heavy atom. The molecule has 1 atom stereocenters. The van der Waals surface area contributed by atoms with Gasteiger partial charge in [0, 0.05) is 5.92 Å². The zero-order chi connectivity index (χ0) is 13.3. The maximum absolute atomic E-state index is 11.8. The first-order valence-corrected chi connectivity index (χ1v) is 5.79. The minimum atomic E-state index is -1.14. The second-order valence-corrected chi connectivity index (χ2v) is 4.63. The van der Waals surface area contributed by atoms with Gasteiger partial charge in [0.1, 0.15) is 0 Å². The normalized spacial score (nSPS) is 20.1. The standard InChI is InChI=1S/C14H16O4/c1-9-5-4-6-10(7-9)11-8-14(11,12(15)17-2)13(16)18-3/h4-7,11H,8H2,1-3H3. The molecule has 1 aliphatic rings. The molecule has 0 saturated heterocycles. The lowest BCUT2D eigenvalue weighted by Gasteiger charge is -2.12. The van der Waals surface area contributed by atoms with E-state index in [1.807, 2.05) is 31.2 Å². The highest BCUT2D eigenvalue weighted by Gasteiger charge is 2.68. The van der Waals surface area contributed by atoms with Gasteiger partial charge < -0.3 is 9.47 Å². The molecule has 2 rings (SSSR count). The number of rotatable bonds is 3. The second-order valence-electron chi connectivity index (χ2n) is 4.63. The number of ether oxygens (including phenoxy) is 2. The van der Waals surface area contributed by atoms with E-state index in [0.29, 0.717) is 6.42 Å². The van der Waals surface area contributed by atoms with Crippen molar-refractivity contribution in [1.29, 1.82) is 0 Å². The van der Waals surface area contributed by atoms with Crippen molar-refractivity contribution >= 4 is 11.9 Å². The summed E-state index contributed by atoms with van der Waals surface area (Å²) in [6.07, 6.45) is 0.454. The third kappa shape index (κ3) is 1.78. The first-order valence-electron chi connectivity index (χ1n) is 5.79. The van der Waals surface area contributed by atoms with Crippen LogP contribution in [-0.2, 0) is 19.1 Å². The van der Waals surface area contributed by atoms with E-state index in [4.69, 9.17) is 9.47 Å². The molecule has 1 aliphatic carbocycles. The van der Waals surface area contributed by atoms with E-state index in [1.165, 1.54) is 14.2 Å². The maximum atomic E-state index is 11.8. The topological polar surface area (TPSA) is 52.6 Å². The van der Waals surface area contributed by atoms with Crippen LogP contribution in [0, 0.1) is 12.3 Å². The first-order chi connectivity index (χ1) is 8.56. The molecule has 1 unspecified atom stereocenters. The van der Waals surface area contributed by atoms with Gasteiger partial charge >= 0.3 is 11.9 Å². The summed E-state index contributed by atoms with van der Waals surface area (Å²) in [5.74, 6) is -1.17. The maximum Gasteiger partial charge on any atom is 0.323 e. The number of hydrogen-bond acceptors (Lipinski definition) is 4. The Balaban J connectivity index is 2.33. The van der Waals surface area contributed by atoms with Crippen molar-refractivity contribution in [3.05, 3.63) is 35.4 Å². The lowest BCUT2D eigenvalue weighted by atomic mass is 9.98. The molecule has 0 amide bonds. The molecule has 4 nitrogen and oxygen atoms in total. The van der Waals surface area contributed by atoms with E-state index >= 15 is 0 Å². The van der Waals surface area contributed by atoms with Gasteiger partial charge in [0.25, 0.3) is 0 Å². The summed E-state index contributed by atoms with van der Waals surface area (Å²) in [5, 5.41) is 0. The quantitative estimate of drug-likeness (QED) is 0.604. The summed E-state index contributed by atoms with van der Waals surface area (Å²) in [6.45, 7) is 1.98. The van der Waals surface area contributed by atoms with Crippen LogP contribution in [0.1, 0.15) is 23.5 Å². The molecule has 0 radical (unpaired) electrons. The smallest absolute Gasteiger partial charge is 0.323 e. The zero-order valence-electron chi connectivity index (χ0n) is 10.7. The van der Waals surface area contributed by atoms with Crippen molar-refractivity contribution in [2.24, 2.45) is 5.41 Å². The van der Waals surface area contributed by atoms with Gasteiger partial charge in [0.15, 0.2) is 5.41 Å². The molecule has 0 heterocycles. The highest BCUT2D eigenvalue weighted by atomic mass is 16.5. The molecular weight excluding hydrogens is 232 g/mol. The minimum absolute atomic E-state index is 0.141. The third-order valence-corrected chi connectivity index (χ3v) is 3.50. The summed E-state index contributed by atoms with van der Waals surface area (Å²) >= 11 is 0. The summed E-state index contributed by atoms with van der Waals surface area (Å²) in [6, 6.07) is 7.80. The van der Waals surface area contributed by atoms with Crippen LogP contribution in [0.25, 0.3) is 0 Å². The molecule has 18 heavy (non-hydrogen) atoms. The van der Waals surface area contributed by atoms with Crippen LogP contribution >= 0.6 is 0 Å². The van der Waals surface area contributed by atoms with Crippen molar-refractivity contribution in [3.63, 3.8) is 0 Å². The molecular formula is C14H16O4. The number of esters is 2. The average molecular weight is 248 g/mol. The van der Waals surface area contributed by atoms with E-state index < -0.39 is 17.4 Å². The molecule has 1 aromatic carbocycles. The number of methoxy groups -OCH3 is 2. The zero-order valence-corrected chi connectivity index (χ0v) is 10.7. The molecule has 0 spiro atoms. The highest BCUT2D eigenvalue weighted by molar-refractivity contribution is 6.05. The monoisotopic (exact) mass is 248 g/mol. The molecule has 0 bridgehead atoms. The molecule has 4 heteroatoms. The van der Waals surface area contributed by atoms with Gasteiger partial charge in [-0.05, 0) is 18.9 Å². The molecule has 0 aromatic heterocycles. The van der Waals surface area contributed by atoms with Crippen molar-refractivity contribution in [3.8, 4) is 0 Å². The van der Waals surface area contributed by atoms with Crippen LogP contribution in [0.15, 0.2) is 24.3 Å². The Morgan fingerprint density at radius 1 is 1.22 bits per heavy atom. The summed E-state index contributed by atoms with van der Waals surface area (Å²) in [4.78, 5) is 23.7. The summed E-state index contributed by atoms with van der Waals surface area (Å²) < 4.78 is 9.49. The number of hydrogen-bond donors (Lipinski definition) is 0. The Morgan fingerprint density at radius 3 is 2.33 bits per heavy atom. The highest BCUT2D eigenvalue weighted by Crippen LogP contribution is 2.60. The van der Waals surface area contributed by atoms with Crippen LogP contribution in [0.4, 0.5) is 0 Å². The fraction of sp³-hybridized carbons (Fsp3) is 0.429.